The molecule has 21 heavy (non-hydrogen) atoms. The van der Waals surface area contributed by atoms with Gasteiger partial charge in [0.05, 0.1) is 4.90 Å². The summed E-state index contributed by atoms with van der Waals surface area (Å²) in [4.78, 5) is 1.07. The monoisotopic (exact) mass is 319 g/mol. The Morgan fingerprint density at radius 1 is 1.14 bits per heavy atom. The van der Waals surface area contributed by atoms with E-state index in [0.29, 0.717) is 17.1 Å². The molecule has 0 aliphatic rings. The van der Waals surface area contributed by atoms with Gasteiger partial charge in [0.25, 0.3) is 0 Å². The molecule has 0 aliphatic heterocycles. The van der Waals surface area contributed by atoms with Gasteiger partial charge in [-0.15, -0.1) is 11.8 Å². The van der Waals surface area contributed by atoms with Gasteiger partial charge >= 0.3 is 0 Å². The molecule has 0 fully saturated rings. The fourth-order valence-corrected chi connectivity index (χ4v) is 2.95. The van der Waals surface area contributed by atoms with Crippen LogP contribution in [0.15, 0.2) is 52.3 Å². The van der Waals surface area contributed by atoms with Crippen LogP contribution in [0.2, 0.25) is 0 Å². The highest BCUT2D eigenvalue weighted by Crippen LogP contribution is 2.31. The minimum atomic E-state index is -3.23. The number of hydrogen-bond acceptors (Lipinski definition) is 5. The summed E-state index contributed by atoms with van der Waals surface area (Å²) in [5.74, 6) is 0.939. The average molecular weight is 319 g/mol. The Kier molecular flexibility index (Phi) is 4.56. The lowest BCUT2D eigenvalue weighted by Gasteiger charge is -2.10. The predicted octanol–water partition coefficient (Wildman–Crippen LogP) is 3.48. The van der Waals surface area contributed by atoms with Crippen molar-refractivity contribution in [1.82, 2.24) is 0 Å². The summed E-state index contributed by atoms with van der Waals surface area (Å²) in [5, 5.41) is 9.24. The van der Waals surface area contributed by atoms with Crippen molar-refractivity contribution in [2.75, 3.05) is 12.5 Å². The molecular formula is C15H13NO3S2. The van der Waals surface area contributed by atoms with Crippen LogP contribution in [-0.4, -0.2) is 20.9 Å². The van der Waals surface area contributed by atoms with Crippen molar-refractivity contribution in [2.45, 2.75) is 9.79 Å². The summed E-state index contributed by atoms with van der Waals surface area (Å²) in [6, 6.07) is 13.6. The van der Waals surface area contributed by atoms with E-state index >= 15 is 0 Å². The third kappa shape index (κ3) is 3.57. The molecule has 0 radical (unpaired) electrons. The van der Waals surface area contributed by atoms with E-state index in [0.717, 1.165) is 11.2 Å². The molecule has 0 saturated heterocycles. The molecule has 0 saturated carbocycles. The van der Waals surface area contributed by atoms with Crippen LogP contribution in [0.4, 0.5) is 0 Å². The zero-order valence-corrected chi connectivity index (χ0v) is 13.2. The van der Waals surface area contributed by atoms with E-state index < -0.39 is 9.84 Å². The number of sulfone groups is 1. The van der Waals surface area contributed by atoms with Crippen molar-refractivity contribution < 1.29 is 13.2 Å². The molecule has 0 N–H and O–H groups in total. The fraction of sp³-hybridized carbons (Fsp3) is 0.133. The Balaban J connectivity index is 2.33. The molecule has 0 aromatic heterocycles. The van der Waals surface area contributed by atoms with Crippen molar-refractivity contribution in [3.63, 3.8) is 0 Å². The first kappa shape index (κ1) is 15.4. The molecule has 2 rings (SSSR count). The second-order valence-electron chi connectivity index (χ2n) is 4.29. The van der Waals surface area contributed by atoms with Crippen LogP contribution in [0.5, 0.6) is 11.5 Å². The first-order valence-electron chi connectivity index (χ1n) is 6.01. The molecule has 2 aromatic carbocycles. The summed E-state index contributed by atoms with van der Waals surface area (Å²) >= 11 is 1.47. The molecule has 0 atom stereocenters. The van der Waals surface area contributed by atoms with E-state index in [1.807, 2.05) is 18.4 Å². The van der Waals surface area contributed by atoms with Crippen molar-refractivity contribution in [2.24, 2.45) is 0 Å². The zero-order valence-electron chi connectivity index (χ0n) is 11.5. The molecule has 2 aromatic rings. The molecule has 0 spiro atoms. The topological polar surface area (TPSA) is 67.2 Å². The lowest BCUT2D eigenvalue weighted by Crippen LogP contribution is -1.96. The lowest BCUT2D eigenvalue weighted by atomic mass is 10.2. The summed E-state index contributed by atoms with van der Waals surface area (Å²) < 4.78 is 28.5. The van der Waals surface area contributed by atoms with Crippen LogP contribution in [0, 0.1) is 11.3 Å². The van der Waals surface area contributed by atoms with Crippen LogP contribution in [0.3, 0.4) is 0 Å². The molecule has 108 valence electrons. The van der Waals surface area contributed by atoms with Crippen LogP contribution in [0.1, 0.15) is 5.56 Å². The van der Waals surface area contributed by atoms with Gasteiger partial charge in [-0.2, -0.15) is 5.26 Å². The molecule has 0 bridgehead atoms. The van der Waals surface area contributed by atoms with Gasteiger partial charge in [-0.05, 0) is 42.7 Å². The number of nitriles is 1. The van der Waals surface area contributed by atoms with Crippen molar-refractivity contribution in [1.29, 1.82) is 5.26 Å². The molecular weight excluding hydrogens is 306 g/mol. The van der Waals surface area contributed by atoms with Crippen LogP contribution >= 0.6 is 11.8 Å². The number of hydrogen-bond donors (Lipinski definition) is 0. The summed E-state index contributed by atoms with van der Waals surface area (Å²) in [7, 11) is -3.23. The van der Waals surface area contributed by atoms with Gasteiger partial charge in [0.15, 0.2) is 9.84 Å². The second-order valence-corrected chi connectivity index (χ2v) is 7.15. The molecule has 0 unspecified atom stereocenters. The Morgan fingerprint density at radius 2 is 1.81 bits per heavy atom. The molecule has 4 nitrogen and oxygen atoms in total. The number of nitrogens with zero attached hydrogens (tertiary/aromatic N) is 1. The van der Waals surface area contributed by atoms with Gasteiger partial charge in [0, 0.05) is 11.2 Å². The summed E-state index contributed by atoms with van der Waals surface area (Å²) in [6.07, 6.45) is 3.04. The van der Waals surface area contributed by atoms with E-state index in [1.54, 1.807) is 18.2 Å². The zero-order chi connectivity index (χ0) is 15.5. The Morgan fingerprint density at radius 3 is 2.33 bits per heavy atom. The average Bonchev–Trinajstić information content (AvgIpc) is 2.46. The minimum absolute atomic E-state index is 0.230. The highest BCUT2D eigenvalue weighted by Gasteiger charge is 2.11. The van der Waals surface area contributed by atoms with E-state index in [2.05, 4.69) is 6.07 Å². The minimum Gasteiger partial charge on any atom is -0.456 e. The smallest absolute Gasteiger partial charge is 0.175 e. The van der Waals surface area contributed by atoms with Gasteiger partial charge in [0.2, 0.25) is 0 Å². The largest absolute Gasteiger partial charge is 0.456 e. The molecule has 6 heteroatoms. The van der Waals surface area contributed by atoms with E-state index in [9.17, 15) is 13.7 Å². The fourth-order valence-electron chi connectivity index (χ4n) is 1.76. The number of benzene rings is 2. The molecule has 0 heterocycles. The van der Waals surface area contributed by atoms with E-state index in [1.165, 1.54) is 23.9 Å². The number of ether oxygens (including phenoxy) is 1. The van der Waals surface area contributed by atoms with Gasteiger partial charge in [-0.1, -0.05) is 6.07 Å². The third-order valence-corrected chi connectivity index (χ3v) is 4.71. The number of thioether (sulfide) groups is 1. The van der Waals surface area contributed by atoms with Gasteiger partial charge in [-0.3, -0.25) is 0 Å². The first-order valence-corrected chi connectivity index (χ1v) is 9.12. The Bertz CT molecular complexity index is 791. The maximum atomic E-state index is 11.4. The molecule has 0 aliphatic carbocycles. The quantitative estimate of drug-likeness (QED) is 0.807. The van der Waals surface area contributed by atoms with Crippen LogP contribution in [-0.2, 0) is 9.84 Å². The molecule has 0 amide bonds. The Hall–Kier alpha value is -1.97. The predicted molar refractivity (Wildman–Crippen MR) is 82.6 cm³/mol. The van der Waals surface area contributed by atoms with E-state index in [4.69, 9.17) is 4.74 Å². The van der Waals surface area contributed by atoms with Gasteiger partial charge in [0.1, 0.15) is 23.1 Å². The normalized spacial score (nSPS) is 10.9. The highest BCUT2D eigenvalue weighted by molar-refractivity contribution is 7.98. The van der Waals surface area contributed by atoms with Crippen molar-refractivity contribution in [3.8, 4) is 17.6 Å². The van der Waals surface area contributed by atoms with Crippen LogP contribution < -0.4 is 4.74 Å². The lowest BCUT2D eigenvalue weighted by molar-refractivity contribution is 0.479. The van der Waals surface area contributed by atoms with Crippen LogP contribution in [0.25, 0.3) is 0 Å². The standard InChI is InChI=1S/C15H13NO3S2/c1-20-15-5-3-4-14(13(15)10-16)19-11-6-8-12(9-7-11)21(2,17)18/h3-9H,1-2H3. The van der Waals surface area contributed by atoms with Crippen molar-refractivity contribution >= 4 is 21.6 Å². The maximum Gasteiger partial charge on any atom is 0.175 e. The summed E-state index contributed by atoms with van der Waals surface area (Å²) in [5.41, 5.74) is 0.470. The van der Waals surface area contributed by atoms with Gasteiger partial charge < -0.3 is 4.74 Å². The third-order valence-electron chi connectivity index (χ3n) is 2.80. The van der Waals surface area contributed by atoms with E-state index in [-0.39, 0.29) is 4.90 Å². The second kappa shape index (κ2) is 6.20. The SMILES string of the molecule is CSc1cccc(Oc2ccc(S(C)(=O)=O)cc2)c1C#N. The van der Waals surface area contributed by atoms with Crippen molar-refractivity contribution in [3.05, 3.63) is 48.0 Å². The Labute approximate surface area is 128 Å². The first-order chi connectivity index (χ1) is 9.95. The highest BCUT2D eigenvalue weighted by atomic mass is 32.2. The number of rotatable bonds is 4. The maximum absolute atomic E-state index is 11.4. The summed E-state index contributed by atoms with van der Waals surface area (Å²) in [6.45, 7) is 0. The van der Waals surface area contributed by atoms with Gasteiger partial charge in [-0.25, -0.2) is 8.42 Å².